The Morgan fingerprint density at radius 2 is 2.36 bits per heavy atom. The molecule has 0 amide bonds. The summed E-state index contributed by atoms with van der Waals surface area (Å²) < 4.78 is 0. The fourth-order valence-corrected chi connectivity index (χ4v) is 1.97. The zero-order chi connectivity index (χ0) is 10.2. The normalized spacial score (nSPS) is 20.9. The molecule has 1 atom stereocenters. The summed E-state index contributed by atoms with van der Waals surface area (Å²) in [5.74, 6) is 6.12. The van der Waals surface area contributed by atoms with E-state index >= 15 is 0 Å². The fourth-order valence-electron chi connectivity index (χ4n) is 1.97. The topological polar surface area (TPSA) is 15.3 Å². The molecular formula is C12H22N2. The molecule has 1 rings (SSSR count). The molecule has 0 spiro atoms. The van der Waals surface area contributed by atoms with Gasteiger partial charge in [-0.15, -0.1) is 5.92 Å². The first-order valence-electron chi connectivity index (χ1n) is 5.72. The highest BCUT2D eigenvalue weighted by Crippen LogP contribution is 2.06. The SMILES string of the molecule is CC#CCN(CCC)CC1CCCN1. The Labute approximate surface area is 88.1 Å². The van der Waals surface area contributed by atoms with Crippen LogP contribution < -0.4 is 5.32 Å². The van der Waals surface area contributed by atoms with Gasteiger partial charge in [-0.3, -0.25) is 4.90 Å². The molecule has 1 aliphatic heterocycles. The summed E-state index contributed by atoms with van der Waals surface area (Å²) in [7, 11) is 0. The lowest BCUT2D eigenvalue weighted by Gasteiger charge is -2.22. The third kappa shape index (κ3) is 4.13. The van der Waals surface area contributed by atoms with Crippen LogP contribution in [0.5, 0.6) is 0 Å². The second-order valence-electron chi connectivity index (χ2n) is 3.96. The molecule has 2 nitrogen and oxygen atoms in total. The number of nitrogens with zero attached hydrogens (tertiary/aromatic N) is 1. The summed E-state index contributed by atoms with van der Waals surface area (Å²) in [5, 5.41) is 3.53. The molecule has 1 saturated heterocycles. The maximum Gasteiger partial charge on any atom is 0.0602 e. The molecule has 1 aliphatic rings. The van der Waals surface area contributed by atoms with E-state index in [1.54, 1.807) is 0 Å². The molecule has 0 bridgehead atoms. The summed E-state index contributed by atoms with van der Waals surface area (Å²) in [5.41, 5.74) is 0. The van der Waals surface area contributed by atoms with Gasteiger partial charge in [-0.2, -0.15) is 0 Å². The Balaban J connectivity index is 2.27. The van der Waals surface area contributed by atoms with E-state index < -0.39 is 0 Å². The summed E-state index contributed by atoms with van der Waals surface area (Å²) >= 11 is 0. The first-order valence-corrected chi connectivity index (χ1v) is 5.72. The molecular weight excluding hydrogens is 172 g/mol. The maximum absolute atomic E-state index is 3.53. The molecule has 0 saturated carbocycles. The van der Waals surface area contributed by atoms with E-state index in [1.165, 1.54) is 38.9 Å². The average Bonchev–Trinajstić information content (AvgIpc) is 2.67. The van der Waals surface area contributed by atoms with Crippen molar-refractivity contribution in [3.8, 4) is 11.8 Å². The van der Waals surface area contributed by atoms with Gasteiger partial charge < -0.3 is 5.32 Å². The minimum Gasteiger partial charge on any atom is -0.313 e. The van der Waals surface area contributed by atoms with Gasteiger partial charge in [0, 0.05) is 12.6 Å². The van der Waals surface area contributed by atoms with E-state index in [-0.39, 0.29) is 0 Å². The molecule has 0 aliphatic carbocycles. The number of hydrogen-bond acceptors (Lipinski definition) is 2. The Bertz CT molecular complexity index is 196. The lowest BCUT2D eigenvalue weighted by molar-refractivity contribution is 0.278. The van der Waals surface area contributed by atoms with Crippen LogP contribution in [0.1, 0.15) is 33.1 Å². The predicted molar refractivity (Wildman–Crippen MR) is 61.2 cm³/mol. The van der Waals surface area contributed by atoms with E-state index in [2.05, 4.69) is 29.0 Å². The van der Waals surface area contributed by atoms with Crippen LogP contribution in [0, 0.1) is 11.8 Å². The highest BCUT2D eigenvalue weighted by molar-refractivity contribution is 4.98. The van der Waals surface area contributed by atoms with Crippen molar-refractivity contribution in [1.82, 2.24) is 10.2 Å². The van der Waals surface area contributed by atoms with Gasteiger partial charge in [-0.1, -0.05) is 12.8 Å². The number of nitrogens with one attached hydrogen (secondary N) is 1. The van der Waals surface area contributed by atoms with Gasteiger partial charge in [0.15, 0.2) is 0 Å². The Hall–Kier alpha value is -0.520. The zero-order valence-corrected chi connectivity index (χ0v) is 9.47. The first-order chi connectivity index (χ1) is 6.86. The standard InChI is InChI=1S/C12H22N2/c1-3-5-10-14(9-4-2)11-12-7-6-8-13-12/h12-13H,4,6-11H2,1-2H3. The van der Waals surface area contributed by atoms with Crippen LogP contribution in [0.15, 0.2) is 0 Å². The minimum absolute atomic E-state index is 0.709. The molecule has 0 aromatic heterocycles. The van der Waals surface area contributed by atoms with Crippen molar-refractivity contribution in [2.24, 2.45) is 0 Å². The van der Waals surface area contributed by atoms with Gasteiger partial charge in [0.2, 0.25) is 0 Å². The molecule has 0 radical (unpaired) electrons. The largest absolute Gasteiger partial charge is 0.313 e. The highest BCUT2D eigenvalue weighted by Gasteiger charge is 2.16. The fraction of sp³-hybridized carbons (Fsp3) is 0.833. The van der Waals surface area contributed by atoms with Gasteiger partial charge in [0.1, 0.15) is 0 Å². The van der Waals surface area contributed by atoms with Crippen molar-refractivity contribution in [2.75, 3.05) is 26.2 Å². The second-order valence-corrected chi connectivity index (χ2v) is 3.96. The molecule has 1 unspecified atom stereocenters. The van der Waals surface area contributed by atoms with Gasteiger partial charge in [0.05, 0.1) is 6.54 Å². The molecule has 80 valence electrons. The minimum atomic E-state index is 0.709. The summed E-state index contributed by atoms with van der Waals surface area (Å²) in [6.45, 7) is 8.62. The van der Waals surface area contributed by atoms with Gasteiger partial charge in [-0.05, 0) is 39.3 Å². The van der Waals surface area contributed by atoms with Crippen LogP contribution in [0.2, 0.25) is 0 Å². The molecule has 0 aromatic rings. The Morgan fingerprint density at radius 1 is 1.50 bits per heavy atom. The van der Waals surface area contributed by atoms with Gasteiger partial charge in [0.25, 0.3) is 0 Å². The van der Waals surface area contributed by atoms with Crippen LogP contribution in [0.25, 0.3) is 0 Å². The molecule has 1 fully saturated rings. The van der Waals surface area contributed by atoms with E-state index in [0.717, 1.165) is 6.54 Å². The first kappa shape index (κ1) is 11.6. The van der Waals surface area contributed by atoms with Crippen LogP contribution >= 0.6 is 0 Å². The van der Waals surface area contributed by atoms with Gasteiger partial charge >= 0.3 is 0 Å². The van der Waals surface area contributed by atoms with Crippen LogP contribution in [0.4, 0.5) is 0 Å². The third-order valence-corrected chi connectivity index (χ3v) is 2.66. The monoisotopic (exact) mass is 194 g/mol. The molecule has 1 N–H and O–H groups in total. The third-order valence-electron chi connectivity index (χ3n) is 2.66. The average molecular weight is 194 g/mol. The van der Waals surface area contributed by atoms with Crippen molar-refractivity contribution >= 4 is 0 Å². The predicted octanol–water partition coefficient (Wildman–Crippen LogP) is 1.47. The van der Waals surface area contributed by atoms with Crippen molar-refractivity contribution in [2.45, 2.75) is 39.2 Å². The van der Waals surface area contributed by atoms with E-state index in [9.17, 15) is 0 Å². The van der Waals surface area contributed by atoms with Crippen LogP contribution in [0.3, 0.4) is 0 Å². The smallest absolute Gasteiger partial charge is 0.0602 e. The van der Waals surface area contributed by atoms with E-state index in [0.29, 0.717) is 6.04 Å². The Kier molecular flexibility index (Phi) is 5.66. The lowest BCUT2D eigenvalue weighted by Crippen LogP contribution is -2.38. The van der Waals surface area contributed by atoms with E-state index in [1.807, 2.05) is 6.92 Å². The summed E-state index contributed by atoms with van der Waals surface area (Å²) in [6, 6.07) is 0.709. The lowest BCUT2D eigenvalue weighted by atomic mass is 10.2. The highest BCUT2D eigenvalue weighted by atomic mass is 15.1. The summed E-state index contributed by atoms with van der Waals surface area (Å²) in [4.78, 5) is 2.46. The van der Waals surface area contributed by atoms with Crippen LogP contribution in [-0.2, 0) is 0 Å². The van der Waals surface area contributed by atoms with Crippen molar-refractivity contribution in [1.29, 1.82) is 0 Å². The molecule has 1 heterocycles. The van der Waals surface area contributed by atoms with Crippen molar-refractivity contribution in [3.63, 3.8) is 0 Å². The van der Waals surface area contributed by atoms with Gasteiger partial charge in [-0.25, -0.2) is 0 Å². The zero-order valence-electron chi connectivity index (χ0n) is 9.47. The number of hydrogen-bond donors (Lipinski definition) is 1. The molecule has 2 heteroatoms. The Morgan fingerprint density at radius 3 is 2.93 bits per heavy atom. The second kappa shape index (κ2) is 6.86. The van der Waals surface area contributed by atoms with Crippen LogP contribution in [-0.4, -0.2) is 37.1 Å². The molecule has 14 heavy (non-hydrogen) atoms. The van der Waals surface area contributed by atoms with Crippen molar-refractivity contribution < 1.29 is 0 Å². The number of rotatable bonds is 5. The van der Waals surface area contributed by atoms with Crippen molar-refractivity contribution in [3.05, 3.63) is 0 Å². The molecule has 0 aromatic carbocycles. The maximum atomic E-state index is 3.53. The van der Waals surface area contributed by atoms with E-state index in [4.69, 9.17) is 0 Å². The summed E-state index contributed by atoms with van der Waals surface area (Å²) in [6.07, 6.45) is 3.89. The quantitative estimate of drug-likeness (QED) is 0.667.